The van der Waals surface area contributed by atoms with Crippen LogP contribution in [-0.4, -0.2) is 57.3 Å². The fourth-order valence-electron chi connectivity index (χ4n) is 3.09. The number of rotatable bonds is 5. The number of aromatic nitrogens is 3. The molecular formula is C17H23N5O2. The number of anilines is 1. The highest BCUT2D eigenvalue weighted by Crippen LogP contribution is 2.28. The largest absolute Gasteiger partial charge is 0.396 e. The number of amides is 1. The van der Waals surface area contributed by atoms with E-state index in [9.17, 15) is 9.90 Å². The molecule has 1 aliphatic rings. The first kappa shape index (κ1) is 16.6. The number of aliphatic hydroxyl groups excluding tert-OH is 1. The summed E-state index contributed by atoms with van der Waals surface area (Å²) < 4.78 is 0. The molecule has 0 aliphatic carbocycles. The number of nitrogens with one attached hydrogen (secondary N) is 2. The second-order valence-corrected chi connectivity index (χ2v) is 6.26. The molecule has 1 aliphatic heterocycles. The van der Waals surface area contributed by atoms with E-state index in [2.05, 4.69) is 25.4 Å². The van der Waals surface area contributed by atoms with E-state index in [4.69, 9.17) is 0 Å². The minimum Gasteiger partial charge on any atom is -0.396 e. The Morgan fingerprint density at radius 1 is 1.46 bits per heavy atom. The topological polar surface area (TPSA) is 94.1 Å². The van der Waals surface area contributed by atoms with Crippen LogP contribution < -0.4 is 5.32 Å². The molecule has 0 spiro atoms. The molecule has 0 unspecified atom stereocenters. The van der Waals surface area contributed by atoms with Crippen molar-refractivity contribution in [2.45, 2.75) is 19.8 Å². The maximum Gasteiger partial charge on any atom is 0.239 e. The summed E-state index contributed by atoms with van der Waals surface area (Å²) in [5.41, 5.74) is 2.68. The summed E-state index contributed by atoms with van der Waals surface area (Å²) in [5, 5.41) is 19.2. The number of pyridine rings is 1. The van der Waals surface area contributed by atoms with Crippen molar-refractivity contribution in [1.82, 2.24) is 20.1 Å². The van der Waals surface area contributed by atoms with Gasteiger partial charge in [-0.25, -0.2) is 0 Å². The number of piperidine rings is 1. The van der Waals surface area contributed by atoms with Gasteiger partial charge >= 0.3 is 0 Å². The van der Waals surface area contributed by atoms with E-state index in [-0.39, 0.29) is 12.5 Å². The van der Waals surface area contributed by atoms with Gasteiger partial charge < -0.3 is 10.4 Å². The summed E-state index contributed by atoms with van der Waals surface area (Å²) in [5.74, 6) is 0.834. The van der Waals surface area contributed by atoms with Gasteiger partial charge in [0.15, 0.2) is 5.82 Å². The van der Waals surface area contributed by atoms with Crippen LogP contribution in [0, 0.1) is 12.8 Å². The van der Waals surface area contributed by atoms with Crippen molar-refractivity contribution < 1.29 is 9.90 Å². The summed E-state index contributed by atoms with van der Waals surface area (Å²) >= 11 is 0. The van der Waals surface area contributed by atoms with Crippen molar-refractivity contribution in [2.75, 3.05) is 31.6 Å². The second kappa shape index (κ2) is 7.55. The first-order chi connectivity index (χ1) is 11.7. The van der Waals surface area contributed by atoms with E-state index < -0.39 is 0 Å². The molecule has 0 aromatic carbocycles. The minimum atomic E-state index is -0.0749. The number of carbonyl (C=O) groups is 1. The van der Waals surface area contributed by atoms with E-state index in [1.54, 1.807) is 12.4 Å². The SMILES string of the molecule is Cc1[nH]nc(NC(=O)CN2CCC(CO)CC2)c1-c1cccnc1. The number of nitrogens with zero attached hydrogens (tertiary/aromatic N) is 3. The number of hydrogen-bond donors (Lipinski definition) is 3. The molecule has 0 saturated carbocycles. The molecule has 7 heteroatoms. The predicted molar refractivity (Wildman–Crippen MR) is 91.4 cm³/mol. The Morgan fingerprint density at radius 3 is 2.92 bits per heavy atom. The smallest absolute Gasteiger partial charge is 0.239 e. The molecule has 128 valence electrons. The average Bonchev–Trinajstić information content (AvgIpc) is 2.96. The zero-order valence-corrected chi connectivity index (χ0v) is 13.8. The van der Waals surface area contributed by atoms with Gasteiger partial charge in [0.2, 0.25) is 5.91 Å². The van der Waals surface area contributed by atoms with Crippen molar-refractivity contribution in [2.24, 2.45) is 5.92 Å². The number of likely N-dealkylation sites (tertiary alicyclic amines) is 1. The van der Waals surface area contributed by atoms with E-state index in [0.717, 1.165) is 42.8 Å². The van der Waals surface area contributed by atoms with E-state index in [1.807, 2.05) is 19.1 Å². The van der Waals surface area contributed by atoms with Gasteiger partial charge in [0.25, 0.3) is 0 Å². The van der Waals surface area contributed by atoms with Gasteiger partial charge in [-0.3, -0.25) is 19.8 Å². The van der Waals surface area contributed by atoms with Crippen LogP contribution in [-0.2, 0) is 4.79 Å². The molecular weight excluding hydrogens is 306 g/mol. The van der Waals surface area contributed by atoms with Crippen LogP contribution in [0.1, 0.15) is 18.5 Å². The van der Waals surface area contributed by atoms with Crippen molar-refractivity contribution in [3.8, 4) is 11.1 Å². The molecule has 1 amide bonds. The highest BCUT2D eigenvalue weighted by molar-refractivity contribution is 5.95. The third kappa shape index (κ3) is 3.80. The normalized spacial score (nSPS) is 16.2. The Balaban J connectivity index is 1.63. The molecule has 3 rings (SSSR count). The molecule has 0 bridgehead atoms. The molecule has 1 saturated heterocycles. The summed E-state index contributed by atoms with van der Waals surface area (Å²) in [6.45, 7) is 4.18. The number of hydrogen-bond acceptors (Lipinski definition) is 5. The molecule has 0 atom stereocenters. The van der Waals surface area contributed by atoms with Crippen molar-refractivity contribution >= 4 is 11.7 Å². The van der Waals surface area contributed by atoms with Gasteiger partial charge in [0, 0.05) is 35.8 Å². The maximum atomic E-state index is 12.4. The van der Waals surface area contributed by atoms with Gasteiger partial charge in [-0.05, 0) is 44.8 Å². The van der Waals surface area contributed by atoms with Crippen molar-refractivity contribution in [3.63, 3.8) is 0 Å². The van der Waals surface area contributed by atoms with Crippen LogP contribution >= 0.6 is 0 Å². The van der Waals surface area contributed by atoms with Crippen LogP contribution in [0.3, 0.4) is 0 Å². The first-order valence-corrected chi connectivity index (χ1v) is 8.25. The zero-order valence-electron chi connectivity index (χ0n) is 13.8. The number of H-pyrrole nitrogens is 1. The van der Waals surface area contributed by atoms with Gasteiger partial charge in [0.05, 0.1) is 6.54 Å². The van der Waals surface area contributed by atoms with Gasteiger partial charge in [-0.1, -0.05) is 6.07 Å². The molecule has 1 fully saturated rings. The van der Waals surface area contributed by atoms with Gasteiger partial charge in [-0.15, -0.1) is 0 Å². The predicted octanol–water partition coefficient (Wildman–Crippen LogP) is 1.42. The summed E-state index contributed by atoms with van der Waals surface area (Å²) in [6, 6.07) is 3.80. The zero-order chi connectivity index (χ0) is 16.9. The molecule has 24 heavy (non-hydrogen) atoms. The minimum absolute atomic E-state index is 0.0749. The Bertz CT molecular complexity index is 678. The Hall–Kier alpha value is -2.25. The number of aliphatic hydroxyl groups is 1. The van der Waals surface area contributed by atoms with Crippen LogP contribution in [0.2, 0.25) is 0 Å². The number of aryl methyl sites for hydroxylation is 1. The van der Waals surface area contributed by atoms with E-state index >= 15 is 0 Å². The lowest BCUT2D eigenvalue weighted by atomic mass is 9.98. The second-order valence-electron chi connectivity index (χ2n) is 6.26. The van der Waals surface area contributed by atoms with E-state index in [1.165, 1.54) is 0 Å². The first-order valence-electron chi connectivity index (χ1n) is 8.25. The van der Waals surface area contributed by atoms with Gasteiger partial charge in [-0.2, -0.15) is 5.10 Å². The third-order valence-electron chi connectivity index (χ3n) is 4.49. The molecule has 2 aromatic heterocycles. The lowest BCUT2D eigenvalue weighted by molar-refractivity contribution is -0.117. The summed E-state index contributed by atoms with van der Waals surface area (Å²) in [4.78, 5) is 18.6. The Morgan fingerprint density at radius 2 is 2.25 bits per heavy atom. The third-order valence-corrected chi connectivity index (χ3v) is 4.49. The molecule has 3 N–H and O–H groups in total. The lowest BCUT2D eigenvalue weighted by Crippen LogP contribution is -2.39. The van der Waals surface area contributed by atoms with Gasteiger partial charge in [0.1, 0.15) is 0 Å². The van der Waals surface area contributed by atoms with Crippen LogP contribution in [0.15, 0.2) is 24.5 Å². The van der Waals surface area contributed by atoms with E-state index in [0.29, 0.717) is 18.3 Å². The lowest BCUT2D eigenvalue weighted by Gasteiger charge is -2.30. The fourth-order valence-corrected chi connectivity index (χ4v) is 3.09. The standard InChI is InChI=1S/C17H23N5O2/c1-12-16(14-3-2-6-18-9-14)17(21-20-12)19-15(24)10-22-7-4-13(11-23)5-8-22/h2-3,6,9,13,23H,4-5,7-8,10-11H2,1H3,(H2,19,20,21,24). The quantitative estimate of drug-likeness (QED) is 0.771. The van der Waals surface area contributed by atoms with Crippen molar-refractivity contribution in [3.05, 3.63) is 30.2 Å². The Kier molecular flexibility index (Phi) is 5.22. The highest BCUT2D eigenvalue weighted by Gasteiger charge is 2.21. The number of carbonyl (C=O) groups excluding carboxylic acids is 1. The monoisotopic (exact) mass is 329 g/mol. The van der Waals surface area contributed by atoms with Crippen LogP contribution in [0.4, 0.5) is 5.82 Å². The molecule has 2 aromatic rings. The Labute approximate surface area is 141 Å². The molecule has 0 radical (unpaired) electrons. The van der Waals surface area contributed by atoms with Crippen LogP contribution in [0.5, 0.6) is 0 Å². The maximum absolute atomic E-state index is 12.4. The van der Waals surface area contributed by atoms with Crippen LogP contribution in [0.25, 0.3) is 11.1 Å². The summed E-state index contributed by atoms with van der Waals surface area (Å²) in [7, 11) is 0. The number of aromatic amines is 1. The fraction of sp³-hybridized carbons (Fsp3) is 0.471. The average molecular weight is 329 g/mol. The highest BCUT2D eigenvalue weighted by atomic mass is 16.3. The summed E-state index contributed by atoms with van der Waals surface area (Å²) in [6.07, 6.45) is 5.35. The molecule has 7 nitrogen and oxygen atoms in total. The molecule has 3 heterocycles. The van der Waals surface area contributed by atoms with Crippen molar-refractivity contribution in [1.29, 1.82) is 0 Å².